The number of thioether (sulfide) groups is 2. The van der Waals surface area contributed by atoms with Crippen molar-refractivity contribution in [1.29, 1.82) is 0 Å². The molecule has 0 aliphatic heterocycles. The standard InChI is InChI=1S/C24H26O3S2/c1-25-20-14-21(26-2)23(22(15-20)27-3)24(28-16-18-10-6-4-7-11-18)29-17-19-12-8-5-9-13-19/h4-15,24H,16-17H2,1-3H3. The van der Waals surface area contributed by atoms with Crippen molar-refractivity contribution in [3.05, 3.63) is 89.5 Å². The number of rotatable bonds is 10. The molecular formula is C24H26O3S2. The monoisotopic (exact) mass is 426 g/mol. The van der Waals surface area contributed by atoms with E-state index in [1.54, 1.807) is 21.3 Å². The summed E-state index contributed by atoms with van der Waals surface area (Å²) in [6.07, 6.45) is 0. The summed E-state index contributed by atoms with van der Waals surface area (Å²) in [5.74, 6) is 4.11. The lowest BCUT2D eigenvalue weighted by Crippen LogP contribution is -2.01. The Bertz CT molecular complexity index is 817. The maximum Gasteiger partial charge on any atom is 0.131 e. The van der Waals surface area contributed by atoms with Crippen LogP contribution in [0, 0.1) is 0 Å². The number of benzene rings is 3. The van der Waals surface area contributed by atoms with Gasteiger partial charge < -0.3 is 14.2 Å². The van der Waals surface area contributed by atoms with Crippen LogP contribution in [-0.4, -0.2) is 21.3 Å². The normalized spacial score (nSPS) is 10.8. The van der Waals surface area contributed by atoms with Gasteiger partial charge in [0.05, 0.1) is 31.5 Å². The molecule has 0 aliphatic carbocycles. The van der Waals surface area contributed by atoms with Crippen molar-refractivity contribution < 1.29 is 14.2 Å². The lowest BCUT2D eigenvalue weighted by Gasteiger charge is -2.22. The van der Waals surface area contributed by atoms with E-state index < -0.39 is 0 Å². The van der Waals surface area contributed by atoms with Crippen LogP contribution in [0.4, 0.5) is 0 Å². The minimum absolute atomic E-state index is 0.145. The Balaban J connectivity index is 1.90. The molecule has 0 saturated carbocycles. The number of ether oxygens (including phenoxy) is 3. The molecule has 5 heteroatoms. The summed E-state index contributed by atoms with van der Waals surface area (Å²) in [6, 6.07) is 24.9. The molecule has 3 aromatic rings. The summed E-state index contributed by atoms with van der Waals surface area (Å²) < 4.78 is 17.0. The van der Waals surface area contributed by atoms with E-state index in [0.717, 1.165) is 34.3 Å². The van der Waals surface area contributed by atoms with Crippen LogP contribution in [0.25, 0.3) is 0 Å². The molecule has 0 N–H and O–H groups in total. The Labute approximate surface area is 181 Å². The van der Waals surface area contributed by atoms with Crippen molar-refractivity contribution in [3.8, 4) is 17.2 Å². The summed E-state index contributed by atoms with van der Waals surface area (Å²) in [5.41, 5.74) is 3.65. The Kier molecular flexibility index (Phi) is 8.20. The predicted octanol–water partition coefficient (Wildman–Crippen LogP) is 6.58. The first-order valence-corrected chi connectivity index (χ1v) is 11.5. The minimum atomic E-state index is 0.145. The lowest BCUT2D eigenvalue weighted by molar-refractivity contribution is 0.370. The maximum atomic E-state index is 5.73. The molecule has 152 valence electrons. The van der Waals surface area contributed by atoms with Gasteiger partial charge in [0.1, 0.15) is 17.2 Å². The molecule has 3 nitrogen and oxygen atoms in total. The fraction of sp³-hybridized carbons (Fsp3) is 0.250. The average molecular weight is 427 g/mol. The first kappa shape index (κ1) is 21.5. The van der Waals surface area contributed by atoms with E-state index in [9.17, 15) is 0 Å². The molecule has 0 amide bonds. The van der Waals surface area contributed by atoms with Crippen LogP contribution in [0.2, 0.25) is 0 Å². The van der Waals surface area contributed by atoms with Gasteiger partial charge in [0.2, 0.25) is 0 Å². The molecule has 0 atom stereocenters. The van der Waals surface area contributed by atoms with Crippen LogP contribution in [0.5, 0.6) is 17.2 Å². The zero-order chi connectivity index (χ0) is 20.5. The van der Waals surface area contributed by atoms with Crippen LogP contribution < -0.4 is 14.2 Å². The van der Waals surface area contributed by atoms with Crippen molar-refractivity contribution in [2.24, 2.45) is 0 Å². The summed E-state index contributed by atoms with van der Waals surface area (Å²) >= 11 is 3.76. The smallest absolute Gasteiger partial charge is 0.131 e. The largest absolute Gasteiger partial charge is 0.496 e. The van der Waals surface area contributed by atoms with E-state index in [-0.39, 0.29) is 4.58 Å². The average Bonchev–Trinajstić information content (AvgIpc) is 2.79. The summed E-state index contributed by atoms with van der Waals surface area (Å²) in [5, 5.41) is 0. The van der Waals surface area contributed by atoms with E-state index in [1.165, 1.54) is 11.1 Å². The first-order chi connectivity index (χ1) is 14.2. The van der Waals surface area contributed by atoms with Gasteiger partial charge in [0.15, 0.2) is 0 Å². The molecule has 0 spiro atoms. The van der Waals surface area contributed by atoms with Gasteiger partial charge in [-0.25, -0.2) is 0 Å². The molecule has 0 aromatic heterocycles. The summed E-state index contributed by atoms with van der Waals surface area (Å²) in [6.45, 7) is 0. The Morgan fingerprint density at radius 2 is 1.10 bits per heavy atom. The van der Waals surface area contributed by atoms with E-state index >= 15 is 0 Å². The molecule has 0 bridgehead atoms. The highest BCUT2D eigenvalue weighted by Crippen LogP contribution is 2.50. The van der Waals surface area contributed by atoms with E-state index in [2.05, 4.69) is 48.5 Å². The van der Waals surface area contributed by atoms with Gasteiger partial charge in [-0.15, -0.1) is 23.5 Å². The van der Waals surface area contributed by atoms with E-state index in [4.69, 9.17) is 14.2 Å². The van der Waals surface area contributed by atoms with Gasteiger partial charge in [-0.05, 0) is 11.1 Å². The van der Waals surface area contributed by atoms with Gasteiger partial charge in [-0.2, -0.15) is 0 Å². The van der Waals surface area contributed by atoms with Gasteiger partial charge in [0.25, 0.3) is 0 Å². The first-order valence-electron chi connectivity index (χ1n) is 9.36. The fourth-order valence-corrected chi connectivity index (χ4v) is 5.64. The number of hydrogen-bond donors (Lipinski definition) is 0. The quantitative estimate of drug-likeness (QED) is 0.342. The molecule has 0 aliphatic rings. The molecule has 3 rings (SSSR count). The third-order valence-corrected chi connectivity index (χ3v) is 7.37. The van der Waals surface area contributed by atoms with Crippen LogP contribution in [-0.2, 0) is 11.5 Å². The van der Waals surface area contributed by atoms with Crippen LogP contribution >= 0.6 is 23.5 Å². The molecule has 0 heterocycles. The van der Waals surface area contributed by atoms with Crippen molar-refractivity contribution in [3.63, 3.8) is 0 Å². The highest BCUT2D eigenvalue weighted by atomic mass is 32.2. The molecule has 0 radical (unpaired) electrons. The second-order valence-corrected chi connectivity index (χ2v) is 8.86. The van der Waals surface area contributed by atoms with Crippen molar-refractivity contribution in [2.45, 2.75) is 16.1 Å². The van der Waals surface area contributed by atoms with Crippen LogP contribution in [0.1, 0.15) is 21.3 Å². The number of methoxy groups -OCH3 is 3. The molecule has 29 heavy (non-hydrogen) atoms. The SMILES string of the molecule is COc1cc(OC)c(C(SCc2ccccc2)SCc2ccccc2)c(OC)c1. The van der Waals surface area contributed by atoms with E-state index in [0.29, 0.717) is 0 Å². The Morgan fingerprint density at radius 3 is 1.48 bits per heavy atom. The van der Waals surface area contributed by atoms with Gasteiger partial charge in [0, 0.05) is 23.6 Å². The van der Waals surface area contributed by atoms with E-state index in [1.807, 2.05) is 47.8 Å². The highest BCUT2D eigenvalue weighted by molar-refractivity contribution is 8.15. The zero-order valence-corrected chi connectivity index (χ0v) is 18.6. The minimum Gasteiger partial charge on any atom is -0.496 e. The third-order valence-electron chi connectivity index (χ3n) is 4.48. The van der Waals surface area contributed by atoms with Crippen LogP contribution in [0.3, 0.4) is 0 Å². The molecule has 3 aromatic carbocycles. The summed E-state index contributed by atoms with van der Waals surface area (Å²) in [4.78, 5) is 0. The lowest BCUT2D eigenvalue weighted by atomic mass is 10.2. The molecule has 0 saturated heterocycles. The highest BCUT2D eigenvalue weighted by Gasteiger charge is 2.24. The fourth-order valence-electron chi connectivity index (χ4n) is 2.97. The third kappa shape index (κ3) is 5.87. The Hall–Kier alpha value is -2.24. The Morgan fingerprint density at radius 1 is 0.655 bits per heavy atom. The summed E-state index contributed by atoms with van der Waals surface area (Å²) in [7, 11) is 5.04. The maximum absolute atomic E-state index is 5.73. The second kappa shape index (κ2) is 11.1. The molecule has 0 fully saturated rings. The van der Waals surface area contributed by atoms with Crippen molar-refractivity contribution in [1.82, 2.24) is 0 Å². The van der Waals surface area contributed by atoms with Crippen molar-refractivity contribution >= 4 is 23.5 Å². The topological polar surface area (TPSA) is 27.7 Å². The van der Waals surface area contributed by atoms with Gasteiger partial charge >= 0.3 is 0 Å². The van der Waals surface area contributed by atoms with Gasteiger partial charge in [-0.3, -0.25) is 0 Å². The molecular weight excluding hydrogens is 400 g/mol. The van der Waals surface area contributed by atoms with Crippen molar-refractivity contribution in [2.75, 3.05) is 21.3 Å². The molecule has 0 unspecified atom stereocenters. The van der Waals surface area contributed by atoms with Crippen LogP contribution in [0.15, 0.2) is 72.8 Å². The zero-order valence-electron chi connectivity index (χ0n) is 17.0. The predicted molar refractivity (Wildman–Crippen MR) is 124 cm³/mol. The van der Waals surface area contributed by atoms with Gasteiger partial charge in [-0.1, -0.05) is 60.7 Å². The number of hydrogen-bond acceptors (Lipinski definition) is 5. The second-order valence-electron chi connectivity index (χ2n) is 6.37.